The van der Waals surface area contributed by atoms with E-state index in [9.17, 15) is 13.6 Å². The lowest BCUT2D eigenvalue weighted by Gasteiger charge is -2.07. The summed E-state index contributed by atoms with van der Waals surface area (Å²) in [6.45, 7) is 0.623. The molecule has 0 saturated carbocycles. The molecule has 0 aliphatic carbocycles. The lowest BCUT2D eigenvalue weighted by molar-refractivity contribution is -0.121. The van der Waals surface area contributed by atoms with Crippen molar-refractivity contribution in [2.75, 3.05) is 13.6 Å². The molecule has 2 N–H and O–H groups in total. The summed E-state index contributed by atoms with van der Waals surface area (Å²) in [6, 6.07) is 3.64. The smallest absolute Gasteiger partial charge is 0.220 e. The molecule has 94 valence electrons. The van der Waals surface area contributed by atoms with Gasteiger partial charge in [-0.05, 0) is 32.1 Å². The van der Waals surface area contributed by atoms with E-state index < -0.39 is 11.6 Å². The van der Waals surface area contributed by atoms with Gasteiger partial charge in [-0.25, -0.2) is 8.78 Å². The zero-order valence-corrected chi connectivity index (χ0v) is 9.72. The van der Waals surface area contributed by atoms with E-state index in [0.29, 0.717) is 12.8 Å². The molecular formula is C12H16F2N2O. The van der Waals surface area contributed by atoms with Crippen molar-refractivity contribution in [2.45, 2.75) is 19.4 Å². The summed E-state index contributed by atoms with van der Waals surface area (Å²) in [5, 5.41) is 5.41. The molecule has 0 aliphatic heterocycles. The first-order chi connectivity index (χ1) is 8.15. The summed E-state index contributed by atoms with van der Waals surface area (Å²) >= 11 is 0. The average Bonchev–Trinajstić information content (AvgIpc) is 2.29. The molecule has 0 radical (unpaired) electrons. The fourth-order valence-corrected chi connectivity index (χ4v) is 1.40. The normalized spacial score (nSPS) is 10.3. The molecule has 1 rings (SSSR count). The van der Waals surface area contributed by atoms with Crippen molar-refractivity contribution in [3.8, 4) is 0 Å². The minimum atomic E-state index is -0.638. The third-order valence-corrected chi connectivity index (χ3v) is 2.35. The van der Waals surface area contributed by atoms with Crippen molar-refractivity contribution >= 4 is 5.91 Å². The Morgan fingerprint density at radius 3 is 2.53 bits per heavy atom. The highest BCUT2D eigenvalue weighted by atomic mass is 19.1. The first-order valence-electron chi connectivity index (χ1n) is 5.49. The third-order valence-electron chi connectivity index (χ3n) is 2.35. The molecule has 0 saturated heterocycles. The van der Waals surface area contributed by atoms with Gasteiger partial charge in [-0.3, -0.25) is 4.79 Å². The van der Waals surface area contributed by atoms with Crippen LogP contribution in [0, 0.1) is 11.6 Å². The van der Waals surface area contributed by atoms with Crippen molar-refractivity contribution in [1.82, 2.24) is 10.6 Å². The van der Waals surface area contributed by atoms with Crippen LogP contribution in [-0.4, -0.2) is 19.5 Å². The van der Waals surface area contributed by atoms with Crippen LogP contribution in [0.15, 0.2) is 18.2 Å². The molecule has 0 heterocycles. The number of rotatable bonds is 6. The summed E-state index contributed by atoms with van der Waals surface area (Å²) in [5.74, 6) is -1.48. The number of benzene rings is 1. The van der Waals surface area contributed by atoms with Crippen LogP contribution in [-0.2, 0) is 11.3 Å². The molecule has 17 heavy (non-hydrogen) atoms. The Balaban J connectivity index is 2.42. The zero-order valence-electron chi connectivity index (χ0n) is 9.72. The SMILES string of the molecule is CNCCCC(=O)NCc1c(F)cccc1F. The largest absolute Gasteiger partial charge is 0.352 e. The Kier molecular flexibility index (Phi) is 5.56. The maximum atomic E-state index is 13.2. The molecule has 0 aromatic heterocycles. The summed E-state index contributed by atoms with van der Waals surface area (Å²) in [5.41, 5.74) is -0.102. The maximum Gasteiger partial charge on any atom is 0.220 e. The quantitative estimate of drug-likeness (QED) is 0.744. The van der Waals surface area contributed by atoms with E-state index in [-0.39, 0.29) is 18.0 Å². The topological polar surface area (TPSA) is 41.1 Å². The van der Waals surface area contributed by atoms with Gasteiger partial charge in [0.15, 0.2) is 0 Å². The van der Waals surface area contributed by atoms with Crippen LogP contribution in [0.2, 0.25) is 0 Å². The van der Waals surface area contributed by atoms with E-state index in [2.05, 4.69) is 10.6 Å². The number of nitrogens with one attached hydrogen (secondary N) is 2. The second-order valence-electron chi connectivity index (χ2n) is 3.68. The van der Waals surface area contributed by atoms with E-state index >= 15 is 0 Å². The number of carbonyl (C=O) groups excluding carboxylic acids is 1. The Bertz CT molecular complexity index is 363. The van der Waals surface area contributed by atoms with Crippen molar-refractivity contribution < 1.29 is 13.6 Å². The highest BCUT2D eigenvalue weighted by Crippen LogP contribution is 2.11. The summed E-state index contributed by atoms with van der Waals surface area (Å²) in [7, 11) is 1.80. The molecule has 5 heteroatoms. The van der Waals surface area contributed by atoms with Gasteiger partial charge in [0.2, 0.25) is 5.91 Å². The monoisotopic (exact) mass is 242 g/mol. The van der Waals surface area contributed by atoms with Crippen LogP contribution in [0.5, 0.6) is 0 Å². The molecule has 0 unspecified atom stereocenters. The summed E-state index contributed by atoms with van der Waals surface area (Å²) in [4.78, 5) is 11.3. The Hall–Kier alpha value is -1.49. The first-order valence-corrected chi connectivity index (χ1v) is 5.49. The molecule has 0 bridgehead atoms. The molecule has 0 atom stereocenters. The number of carbonyl (C=O) groups is 1. The fraction of sp³-hybridized carbons (Fsp3) is 0.417. The van der Waals surface area contributed by atoms with Crippen LogP contribution in [0.1, 0.15) is 18.4 Å². The van der Waals surface area contributed by atoms with Crippen LogP contribution >= 0.6 is 0 Å². The van der Waals surface area contributed by atoms with Gasteiger partial charge in [-0.1, -0.05) is 6.07 Å². The second kappa shape index (κ2) is 6.96. The molecule has 0 spiro atoms. The van der Waals surface area contributed by atoms with Gasteiger partial charge in [0.1, 0.15) is 11.6 Å². The van der Waals surface area contributed by atoms with E-state index in [1.54, 1.807) is 7.05 Å². The van der Waals surface area contributed by atoms with Crippen molar-refractivity contribution in [3.63, 3.8) is 0 Å². The summed E-state index contributed by atoms with van der Waals surface area (Å²) < 4.78 is 26.4. The Labute approximate surface area is 99.2 Å². The lowest BCUT2D eigenvalue weighted by Crippen LogP contribution is -2.24. The van der Waals surface area contributed by atoms with Crippen LogP contribution in [0.3, 0.4) is 0 Å². The predicted octanol–water partition coefficient (Wildman–Crippen LogP) is 1.58. The predicted molar refractivity (Wildman–Crippen MR) is 61.4 cm³/mol. The first kappa shape index (κ1) is 13.6. The van der Waals surface area contributed by atoms with Gasteiger partial charge >= 0.3 is 0 Å². The standard InChI is InChI=1S/C12H16F2N2O/c1-15-7-3-6-12(17)16-8-9-10(13)4-2-5-11(9)14/h2,4-5,15H,3,6-8H2,1H3,(H,16,17). The minimum Gasteiger partial charge on any atom is -0.352 e. The van der Waals surface area contributed by atoms with Gasteiger partial charge < -0.3 is 10.6 Å². The number of amides is 1. The minimum absolute atomic E-state index is 0.102. The van der Waals surface area contributed by atoms with Crippen molar-refractivity contribution in [3.05, 3.63) is 35.4 Å². The lowest BCUT2D eigenvalue weighted by atomic mass is 10.2. The molecule has 1 aromatic rings. The van der Waals surface area contributed by atoms with Gasteiger partial charge in [-0.2, -0.15) is 0 Å². The maximum absolute atomic E-state index is 13.2. The van der Waals surface area contributed by atoms with E-state index in [0.717, 1.165) is 6.54 Å². The van der Waals surface area contributed by atoms with Gasteiger partial charge in [0.05, 0.1) is 0 Å². The Morgan fingerprint density at radius 1 is 1.29 bits per heavy atom. The second-order valence-corrected chi connectivity index (χ2v) is 3.68. The van der Waals surface area contributed by atoms with Crippen molar-refractivity contribution in [2.24, 2.45) is 0 Å². The molecule has 1 aromatic carbocycles. The molecule has 0 fully saturated rings. The van der Waals surface area contributed by atoms with Crippen LogP contribution in [0.25, 0.3) is 0 Å². The highest BCUT2D eigenvalue weighted by molar-refractivity contribution is 5.75. The number of hydrogen-bond donors (Lipinski definition) is 2. The highest BCUT2D eigenvalue weighted by Gasteiger charge is 2.09. The van der Waals surface area contributed by atoms with Crippen LogP contribution < -0.4 is 10.6 Å². The molecule has 3 nitrogen and oxygen atoms in total. The van der Waals surface area contributed by atoms with Crippen LogP contribution in [0.4, 0.5) is 8.78 Å². The average molecular weight is 242 g/mol. The van der Waals surface area contributed by atoms with E-state index in [4.69, 9.17) is 0 Å². The number of hydrogen-bond acceptors (Lipinski definition) is 2. The fourth-order valence-electron chi connectivity index (χ4n) is 1.40. The zero-order chi connectivity index (χ0) is 12.7. The Morgan fingerprint density at radius 2 is 1.94 bits per heavy atom. The van der Waals surface area contributed by atoms with Gasteiger partial charge in [0, 0.05) is 18.5 Å². The summed E-state index contributed by atoms with van der Waals surface area (Å²) in [6.07, 6.45) is 1.04. The van der Waals surface area contributed by atoms with E-state index in [1.165, 1.54) is 18.2 Å². The molecule has 0 aliphatic rings. The third kappa shape index (κ3) is 4.48. The molecular weight excluding hydrogens is 226 g/mol. The number of halogens is 2. The van der Waals surface area contributed by atoms with Gasteiger partial charge in [0.25, 0.3) is 0 Å². The van der Waals surface area contributed by atoms with Gasteiger partial charge in [-0.15, -0.1) is 0 Å². The molecule has 1 amide bonds. The van der Waals surface area contributed by atoms with E-state index in [1.807, 2.05) is 0 Å². The van der Waals surface area contributed by atoms with Crippen molar-refractivity contribution in [1.29, 1.82) is 0 Å².